The molecule has 0 bridgehead atoms. The molecule has 28 heavy (non-hydrogen) atoms. The molecule has 2 aromatic heterocycles. The molecule has 6 nitrogen and oxygen atoms in total. The number of allylic oxidation sites excluding steroid dienone is 1. The monoisotopic (exact) mass is 382 g/mol. The molecular weight excluding hydrogens is 363 g/mol. The molecule has 0 radical (unpaired) electrons. The summed E-state index contributed by atoms with van der Waals surface area (Å²) in [7, 11) is 0. The molecule has 3 heterocycles. The van der Waals surface area contributed by atoms with Gasteiger partial charge in [0.25, 0.3) is 5.56 Å². The molecule has 7 heteroatoms. The van der Waals surface area contributed by atoms with Gasteiger partial charge in [0.1, 0.15) is 5.83 Å². The maximum absolute atomic E-state index is 14.5. The number of carboxylic acids is 1. The highest BCUT2D eigenvalue weighted by Gasteiger charge is 2.38. The van der Waals surface area contributed by atoms with Gasteiger partial charge in [-0.3, -0.25) is 4.79 Å². The summed E-state index contributed by atoms with van der Waals surface area (Å²) in [5, 5.41) is 19.0. The van der Waals surface area contributed by atoms with E-state index in [0.717, 1.165) is 42.0 Å². The number of carboxylic acid groups (broad SMARTS) is 1. The zero-order valence-corrected chi connectivity index (χ0v) is 15.3. The third-order valence-corrected chi connectivity index (χ3v) is 6.37. The minimum atomic E-state index is -1.78. The second-order valence-corrected chi connectivity index (χ2v) is 7.87. The first-order valence-corrected chi connectivity index (χ1v) is 9.45. The van der Waals surface area contributed by atoms with Crippen molar-refractivity contribution in [2.24, 2.45) is 5.92 Å². The van der Waals surface area contributed by atoms with Crippen molar-refractivity contribution in [3.05, 3.63) is 56.3 Å². The molecule has 3 atom stereocenters. The van der Waals surface area contributed by atoms with Crippen LogP contribution in [0.25, 0.3) is 17.5 Å². The number of aliphatic carboxylic acids is 1. The number of hydrogen-bond donors (Lipinski definition) is 2. The van der Waals surface area contributed by atoms with Crippen molar-refractivity contribution >= 4 is 12.0 Å². The molecule has 5 rings (SSSR count). The van der Waals surface area contributed by atoms with Crippen molar-refractivity contribution in [1.82, 2.24) is 9.55 Å². The van der Waals surface area contributed by atoms with E-state index >= 15 is 0 Å². The number of nitrogens with zero attached hydrogens (tertiary/aromatic N) is 2. The molecular formula is C21H19FN2O4. The molecule has 2 aromatic rings. The van der Waals surface area contributed by atoms with Gasteiger partial charge in [-0.05, 0) is 54.0 Å². The fraction of sp³-hybridized carbons (Fsp3) is 0.381. The predicted molar refractivity (Wildman–Crippen MR) is 99.6 cm³/mol. The van der Waals surface area contributed by atoms with Crippen LogP contribution < -0.4 is 5.56 Å². The van der Waals surface area contributed by atoms with Crippen LogP contribution >= 0.6 is 0 Å². The van der Waals surface area contributed by atoms with E-state index in [1.54, 1.807) is 4.57 Å². The van der Waals surface area contributed by atoms with Crippen LogP contribution in [0.4, 0.5) is 4.39 Å². The Morgan fingerprint density at radius 1 is 1.36 bits per heavy atom. The van der Waals surface area contributed by atoms with Gasteiger partial charge in [0.05, 0.1) is 23.6 Å². The number of halogens is 1. The smallest absolute Gasteiger partial charge is 0.337 e. The standard InChI is InChI=1S/C21H19FN2O4/c1-9-11-3-2-4-12-13-8-24-16(5-10(6-17(24)25)20(26)21(27)28)19(13)23-15(18(11)12)7-14(9)22/h5-7,9,11,20,26H,2-4,8H2,1H3,(H,27,28)/t9?,11?,20-/m0/s1. The average Bonchev–Trinajstić information content (AvgIpc) is 3.04. The van der Waals surface area contributed by atoms with Crippen LogP contribution in [-0.4, -0.2) is 25.7 Å². The lowest BCUT2D eigenvalue weighted by atomic mass is 9.71. The van der Waals surface area contributed by atoms with E-state index in [1.165, 1.54) is 12.1 Å². The summed E-state index contributed by atoms with van der Waals surface area (Å²) in [6.45, 7) is 2.27. The Balaban J connectivity index is 1.76. The van der Waals surface area contributed by atoms with E-state index in [0.29, 0.717) is 23.6 Å². The maximum Gasteiger partial charge on any atom is 0.337 e. The van der Waals surface area contributed by atoms with E-state index in [-0.39, 0.29) is 28.8 Å². The SMILES string of the molecule is CC1C(F)=Cc2nc3c(c4c2C1CCC4)Cn1c-3cc([C@H](O)C(=O)O)cc1=O. The molecule has 0 saturated carbocycles. The van der Waals surface area contributed by atoms with Gasteiger partial charge < -0.3 is 14.8 Å². The second kappa shape index (κ2) is 5.85. The number of rotatable bonds is 2. The van der Waals surface area contributed by atoms with E-state index in [9.17, 15) is 19.1 Å². The fourth-order valence-corrected chi connectivity index (χ4v) is 4.93. The molecule has 0 spiro atoms. The van der Waals surface area contributed by atoms with Gasteiger partial charge in [0, 0.05) is 17.5 Å². The topological polar surface area (TPSA) is 92.4 Å². The van der Waals surface area contributed by atoms with Crippen molar-refractivity contribution in [2.75, 3.05) is 0 Å². The molecule has 0 amide bonds. The van der Waals surface area contributed by atoms with E-state index in [2.05, 4.69) is 0 Å². The molecule has 2 unspecified atom stereocenters. The summed E-state index contributed by atoms with van der Waals surface area (Å²) in [5.74, 6) is -1.66. The van der Waals surface area contributed by atoms with Crippen molar-refractivity contribution in [2.45, 2.75) is 44.8 Å². The highest BCUT2D eigenvalue weighted by atomic mass is 19.1. The maximum atomic E-state index is 14.5. The number of pyridine rings is 2. The Kier molecular flexibility index (Phi) is 3.61. The van der Waals surface area contributed by atoms with Crippen molar-refractivity contribution < 1.29 is 19.4 Å². The van der Waals surface area contributed by atoms with Crippen LogP contribution in [0.2, 0.25) is 0 Å². The number of aliphatic hydroxyl groups excluding tert-OH is 1. The largest absolute Gasteiger partial charge is 0.479 e. The highest BCUT2D eigenvalue weighted by Crippen LogP contribution is 2.49. The third kappa shape index (κ3) is 2.26. The molecule has 3 aliphatic rings. The highest BCUT2D eigenvalue weighted by molar-refractivity contribution is 5.76. The van der Waals surface area contributed by atoms with Crippen LogP contribution in [0.5, 0.6) is 0 Å². The molecule has 0 aromatic carbocycles. The average molecular weight is 382 g/mol. The summed E-state index contributed by atoms with van der Waals surface area (Å²) < 4.78 is 16.0. The molecule has 0 saturated heterocycles. The first-order valence-electron chi connectivity index (χ1n) is 9.45. The number of hydrogen-bond acceptors (Lipinski definition) is 4. The normalized spacial score (nSPS) is 22.8. The second-order valence-electron chi connectivity index (χ2n) is 7.87. The van der Waals surface area contributed by atoms with E-state index in [4.69, 9.17) is 10.1 Å². The Bertz CT molecular complexity index is 1130. The zero-order valence-electron chi connectivity index (χ0n) is 15.3. The van der Waals surface area contributed by atoms with Gasteiger partial charge in [0.15, 0.2) is 6.10 Å². The molecule has 1 aliphatic heterocycles. The summed E-state index contributed by atoms with van der Waals surface area (Å²) >= 11 is 0. The number of aromatic nitrogens is 2. The number of aliphatic hydroxyl groups is 1. The lowest BCUT2D eigenvalue weighted by Crippen LogP contribution is -2.24. The van der Waals surface area contributed by atoms with Crippen molar-refractivity contribution in [3.8, 4) is 11.4 Å². The number of carbonyl (C=O) groups is 1. The first kappa shape index (κ1) is 17.3. The van der Waals surface area contributed by atoms with Gasteiger partial charge in [-0.1, -0.05) is 6.92 Å². The minimum absolute atomic E-state index is 0.0259. The molecule has 2 N–H and O–H groups in total. The Labute approximate surface area is 160 Å². The first-order chi connectivity index (χ1) is 13.4. The van der Waals surface area contributed by atoms with Crippen LogP contribution in [0.3, 0.4) is 0 Å². The lowest BCUT2D eigenvalue weighted by Gasteiger charge is -2.34. The molecule has 2 aliphatic carbocycles. The molecule has 144 valence electrons. The van der Waals surface area contributed by atoms with Gasteiger partial charge in [-0.25, -0.2) is 14.2 Å². The van der Waals surface area contributed by atoms with E-state index in [1.807, 2.05) is 6.92 Å². The van der Waals surface area contributed by atoms with Crippen LogP contribution in [0, 0.1) is 5.92 Å². The quantitative estimate of drug-likeness (QED) is 0.711. The van der Waals surface area contributed by atoms with Gasteiger partial charge >= 0.3 is 5.97 Å². The Hall–Kier alpha value is -2.80. The summed E-state index contributed by atoms with van der Waals surface area (Å²) in [5.41, 5.74) is 4.54. The van der Waals surface area contributed by atoms with Crippen LogP contribution in [0.1, 0.15) is 59.7 Å². The summed E-state index contributed by atoms with van der Waals surface area (Å²) in [4.78, 5) is 28.4. The lowest BCUT2D eigenvalue weighted by molar-refractivity contribution is -0.146. The van der Waals surface area contributed by atoms with Gasteiger partial charge in [-0.2, -0.15) is 0 Å². The Morgan fingerprint density at radius 3 is 2.89 bits per heavy atom. The van der Waals surface area contributed by atoms with Gasteiger partial charge in [0.2, 0.25) is 0 Å². The predicted octanol–water partition coefficient (Wildman–Crippen LogP) is 2.77. The minimum Gasteiger partial charge on any atom is -0.479 e. The van der Waals surface area contributed by atoms with Crippen molar-refractivity contribution in [3.63, 3.8) is 0 Å². The zero-order chi connectivity index (χ0) is 19.7. The van der Waals surface area contributed by atoms with Gasteiger partial charge in [-0.15, -0.1) is 0 Å². The van der Waals surface area contributed by atoms with E-state index < -0.39 is 12.1 Å². The van der Waals surface area contributed by atoms with Crippen LogP contribution in [-0.2, 0) is 17.8 Å². The third-order valence-electron chi connectivity index (χ3n) is 6.37. The number of fused-ring (bicyclic) bond motifs is 4. The summed E-state index contributed by atoms with van der Waals surface area (Å²) in [6.07, 6.45) is 2.45. The van der Waals surface area contributed by atoms with Crippen molar-refractivity contribution in [1.29, 1.82) is 0 Å². The fourth-order valence-electron chi connectivity index (χ4n) is 4.93. The Morgan fingerprint density at radius 2 is 2.14 bits per heavy atom. The molecule has 0 fully saturated rings. The summed E-state index contributed by atoms with van der Waals surface area (Å²) in [6, 6.07) is 2.66. The van der Waals surface area contributed by atoms with Crippen LogP contribution in [0.15, 0.2) is 22.8 Å².